The number of rotatable bonds is 7. The third-order valence-electron chi connectivity index (χ3n) is 3.69. The van der Waals surface area contributed by atoms with Crippen LogP contribution < -0.4 is 10.1 Å². The molecule has 148 valence electrons. The molecular weight excluding hydrogens is 387 g/mol. The first-order valence-electron chi connectivity index (χ1n) is 7.87. The van der Waals surface area contributed by atoms with Crippen LogP contribution in [0.3, 0.4) is 0 Å². The van der Waals surface area contributed by atoms with Gasteiger partial charge in [0, 0.05) is 12.3 Å². The van der Waals surface area contributed by atoms with Gasteiger partial charge in [-0.2, -0.15) is 18.3 Å². The maximum absolute atomic E-state index is 12.9. The van der Waals surface area contributed by atoms with Crippen molar-refractivity contribution < 1.29 is 31.1 Å². The lowest BCUT2D eigenvalue weighted by molar-refractivity contribution is -0.137. The molecule has 1 heterocycles. The van der Waals surface area contributed by atoms with Gasteiger partial charge in [0.1, 0.15) is 0 Å². The predicted molar refractivity (Wildman–Crippen MR) is 91.8 cm³/mol. The molecule has 0 saturated heterocycles. The zero-order valence-corrected chi connectivity index (χ0v) is 15.4. The van der Waals surface area contributed by atoms with E-state index in [1.165, 1.54) is 32.4 Å². The smallest absolute Gasteiger partial charge is 0.416 e. The number of hydrogen-bond donors (Lipinski definition) is 1. The van der Waals surface area contributed by atoms with Gasteiger partial charge in [-0.05, 0) is 18.2 Å². The van der Waals surface area contributed by atoms with Gasteiger partial charge in [0.2, 0.25) is 0 Å². The highest BCUT2D eigenvalue weighted by molar-refractivity contribution is 7.91. The van der Waals surface area contributed by atoms with Crippen molar-refractivity contribution in [1.29, 1.82) is 0 Å². The van der Waals surface area contributed by atoms with Gasteiger partial charge in [0.15, 0.2) is 21.3 Å². The largest absolute Gasteiger partial charge is 0.493 e. The summed E-state index contributed by atoms with van der Waals surface area (Å²) in [6.07, 6.45) is -3.24. The van der Waals surface area contributed by atoms with Crippen LogP contribution in [-0.4, -0.2) is 49.3 Å². The molecule has 1 aromatic heterocycles. The molecule has 2 rings (SSSR count). The molecule has 1 aromatic carbocycles. The van der Waals surface area contributed by atoms with Crippen molar-refractivity contribution in [2.45, 2.75) is 13.1 Å². The molecule has 0 saturated carbocycles. The molecule has 0 bridgehead atoms. The number of methoxy groups -OCH3 is 1. The van der Waals surface area contributed by atoms with Crippen LogP contribution in [0.15, 0.2) is 30.5 Å². The standard InChI is InChI=1S/C16H18F3N3O4S/c1-3-27(24,25)8-7-20-15(23)14-13(26-2)10-22(21-14)12-6-4-5-11(9-12)16(17,18)19/h4-6,9-10H,3,7-8H2,1-2H3,(H,20,23). The third-order valence-corrected chi connectivity index (χ3v) is 5.40. The molecule has 1 N–H and O–H groups in total. The van der Waals surface area contributed by atoms with Crippen LogP contribution in [0, 0.1) is 0 Å². The zero-order chi connectivity index (χ0) is 20.2. The van der Waals surface area contributed by atoms with Gasteiger partial charge in [0.25, 0.3) is 5.91 Å². The first kappa shape index (κ1) is 20.7. The number of ether oxygens (including phenoxy) is 1. The Bertz CT molecular complexity index is 923. The number of benzene rings is 1. The molecule has 0 fully saturated rings. The summed E-state index contributed by atoms with van der Waals surface area (Å²) in [5.41, 5.74) is -0.926. The van der Waals surface area contributed by atoms with Crippen molar-refractivity contribution in [1.82, 2.24) is 15.1 Å². The fourth-order valence-corrected chi connectivity index (χ4v) is 2.87. The van der Waals surface area contributed by atoms with Crippen molar-refractivity contribution in [2.75, 3.05) is 25.2 Å². The maximum Gasteiger partial charge on any atom is 0.416 e. The fraction of sp³-hybridized carbons (Fsp3) is 0.375. The minimum absolute atomic E-state index is 0.0447. The Hall–Kier alpha value is -2.56. The molecule has 0 atom stereocenters. The Kier molecular flexibility index (Phi) is 6.14. The van der Waals surface area contributed by atoms with Gasteiger partial charge in [-0.1, -0.05) is 13.0 Å². The molecule has 7 nitrogen and oxygen atoms in total. The van der Waals surface area contributed by atoms with Gasteiger partial charge in [-0.15, -0.1) is 0 Å². The van der Waals surface area contributed by atoms with Crippen molar-refractivity contribution in [3.63, 3.8) is 0 Å². The lowest BCUT2D eigenvalue weighted by Crippen LogP contribution is -2.30. The second-order valence-electron chi connectivity index (χ2n) is 5.53. The summed E-state index contributed by atoms with van der Waals surface area (Å²) in [7, 11) is -1.96. The first-order chi connectivity index (χ1) is 12.6. The molecule has 0 aliphatic heterocycles. The second-order valence-corrected chi connectivity index (χ2v) is 8.00. The Balaban J connectivity index is 2.24. The number of aromatic nitrogens is 2. The van der Waals surface area contributed by atoms with Gasteiger partial charge >= 0.3 is 6.18 Å². The fourth-order valence-electron chi connectivity index (χ4n) is 2.17. The third kappa shape index (κ3) is 5.22. The number of carbonyl (C=O) groups is 1. The quantitative estimate of drug-likeness (QED) is 0.762. The van der Waals surface area contributed by atoms with E-state index in [2.05, 4.69) is 10.4 Å². The minimum atomic E-state index is -4.52. The number of nitrogens with zero attached hydrogens (tertiary/aromatic N) is 2. The average Bonchev–Trinajstić information content (AvgIpc) is 3.05. The maximum atomic E-state index is 12.9. The number of halogens is 3. The monoisotopic (exact) mass is 405 g/mol. The SMILES string of the molecule is CCS(=O)(=O)CCNC(=O)c1nn(-c2cccc(C(F)(F)F)c2)cc1OC. The number of carbonyl (C=O) groups excluding carboxylic acids is 1. The Morgan fingerprint density at radius 1 is 1.33 bits per heavy atom. The highest BCUT2D eigenvalue weighted by atomic mass is 32.2. The number of sulfone groups is 1. The molecular formula is C16H18F3N3O4S. The summed E-state index contributed by atoms with van der Waals surface area (Å²) < 4.78 is 67.6. The number of alkyl halides is 3. The average molecular weight is 405 g/mol. The van der Waals surface area contributed by atoms with Gasteiger partial charge in [-0.3, -0.25) is 4.79 Å². The van der Waals surface area contributed by atoms with Crippen molar-refractivity contribution in [2.24, 2.45) is 0 Å². The van der Waals surface area contributed by atoms with E-state index in [1.54, 1.807) is 0 Å². The summed E-state index contributed by atoms with van der Waals surface area (Å²) in [6, 6.07) is 4.44. The first-order valence-corrected chi connectivity index (χ1v) is 9.69. The molecule has 0 unspecified atom stereocenters. The van der Waals surface area contributed by atoms with E-state index in [1.807, 2.05) is 0 Å². The number of nitrogens with one attached hydrogen (secondary N) is 1. The molecule has 1 amide bonds. The second kappa shape index (κ2) is 7.99. The summed E-state index contributed by atoms with van der Waals surface area (Å²) in [6.45, 7) is 1.38. The van der Waals surface area contributed by atoms with E-state index >= 15 is 0 Å². The van der Waals surface area contributed by atoms with E-state index < -0.39 is 27.5 Å². The molecule has 0 spiro atoms. The lowest BCUT2D eigenvalue weighted by atomic mass is 10.2. The molecule has 11 heteroatoms. The minimum Gasteiger partial charge on any atom is -0.493 e. The van der Waals surface area contributed by atoms with Crippen LogP contribution in [0.25, 0.3) is 5.69 Å². The predicted octanol–water partition coefficient (Wildman–Crippen LogP) is 2.06. The molecule has 2 aromatic rings. The number of amides is 1. The van der Waals surface area contributed by atoms with Gasteiger partial charge < -0.3 is 10.1 Å². The topological polar surface area (TPSA) is 90.3 Å². The number of hydrogen-bond acceptors (Lipinski definition) is 5. The summed E-state index contributed by atoms with van der Waals surface area (Å²) >= 11 is 0. The van der Waals surface area contributed by atoms with Gasteiger partial charge in [0.05, 0.1) is 30.3 Å². The lowest BCUT2D eigenvalue weighted by Gasteiger charge is -2.08. The summed E-state index contributed by atoms with van der Waals surface area (Å²) in [5.74, 6) is -0.922. The summed E-state index contributed by atoms with van der Waals surface area (Å²) in [4.78, 5) is 12.2. The Morgan fingerprint density at radius 2 is 2.04 bits per heavy atom. The van der Waals surface area contributed by atoms with Crippen LogP contribution in [0.2, 0.25) is 0 Å². The molecule has 0 aliphatic rings. The molecule has 27 heavy (non-hydrogen) atoms. The molecule has 0 aliphatic carbocycles. The van der Waals surface area contributed by atoms with E-state index in [4.69, 9.17) is 4.74 Å². The normalized spacial score (nSPS) is 12.0. The van der Waals surface area contributed by atoms with Crippen molar-refractivity contribution in [3.05, 3.63) is 41.7 Å². The van der Waals surface area contributed by atoms with Crippen LogP contribution in [-0.2, 0) is 16.0 Å². The Labute approximate surface area is 154 Å². The highest BCUT2D eigenvalue weighted by Gasteiger charge is 2.30. The van der Waals surface area contributed by atoms with Crippen LogP contribution in [0.4, 0.5) is 13.2 Å². The van der Waals surface area contributed by atoms with Crippen LogP contribution >= 0.6 is 0 Å². The van der Waals surface area contributed by atoms with Crippen molar-refractivity contribution in [3.8, 4) is 11.4 Å². The van der Waals surface area contributed by atoms with Gasteiger partial charge in [-0.25, -0.2) is 13.1 Å². The summed E-state index contributed by atoms with van der Waals surface area (Å²) in [5, 5.41) is 6.38. The highest BCUT2D eigenvalue weighted by Crippen LogP contribution is 2.30. The van der Waals surface area contributed by atoms with E-state index in [9.17, 15) is 26.4 Å². The zero-order valence-electron chi connectivity index (χ0n) is 14.6. The van der Waals surface area contributed by atoms with Crippen LogP contribution in [0.5, 0.6) is 5.75 Å². The van der Waals surface area contributed by atoms with E-state index in [-0.39, 0.29) is 35.2 Å². The van der Waals surface area contributed by atoms with E-state index in [0.717, 1.165) is 16.8 Å². The Morgan fingerprint density at radius 3 is 2.63 bits per heavy atom. The van der Waals surface area contributed by atoms with Crippen LogP contribution in [0.1, 0.15) is 23.0 Å². The molecule has 0 radical (unpaired) electrons. The van der Waals surface area contributed by atoms with E-state index in [0.29, 0.717) is 0 Å². The van der Waals surface area contributed by atoms with Crippen molar-refractivity contribution >= 4 is 15.7 Å².